The maximum atomic E-state index is 9.16. The fourth-order valence-corrected chi connectivity index (χ4v) is 2.11. The van der Waals surface area contributed by atoms with Crippen LogP contribution in [0.4, 0.5) is 0 Å². The van der Waals surface area contributed by atoms with E-state index in [1.807, 2.05) is 7.05 Å². The standard InChI is InChI=1S/C10H18BrN3O/c1-4-14(5-2)6-8-10(11)9(7-15)13(3)12-8/h15H,4-7H2,1-3H3. The molecule has 0 aliphatic rings. The van der Waals surface area contributed by atoms with Crippen LogP contribution in [-0.2, 0) is 20.2 Å². The van der Waals surface area contributed by atoms with Crippen molar-refractivity contribution in [2.75, 3.05) is 13.1 Å². The minimum atomic E-state index is 0.0162. The zero-order valence-corrected chi connectivity index (χ0v) is 11.1. The molecule has 86 valence electrons. The Balaban J connectivity index is 2.86. The molecule has 0 fully saturated rings. The van der Waals surface area contributed by atoms with E-state index in [-0.39, 0.29) is 6.61 Å². The number of aliphatic hydroxyl groups is 1. The van der Waals surface area contributed by atoms with E-state index in [1.165, 1.54) is 0 Å². The first-order valence-corrected chi connectivity index (χ1v) is 5.96. The first-order chi connectivity index (χ1) is 7.13. The minimum absolute atomic E-state index is 0.0162. The van der Waals surface area contributed by atoms with Gasteiger partial charge in [-0.2, -0.15) is 5.10 Å². The molecule has 0 aliphatic heterocycles. The Morgan fingerprint density at radius 2 is 2.00 bits per heavy atom. The topological polar surface area (TPSA) is 41.3 Å². The van der Waals surface area contributed by atoms with Crippen molar-refractivity contribution in [3.63, 3.8) is 0 Å². The largest absolute Gasteiger partial charge is 0.390 e. The van der Waals surface area contributed by atoms with Gasteiger partial charge in [-0.3, -0.25) is 9.58 Å². The highest BCUT2D eigenvalue weighted by molar-refractivity contribution is 9.10. The van der Waals surface area contributed by atoms with Gasteiger partial charge in [0, 0.05) is 13.6 Å². The van der Waals surface area contributed by atoms with Crippen LogP contribution in [0.15, 0.2) is 4.47 Å². The molecule has 0 atom stereocenters. The van der Waals surface area contributed by atoms with E-state index in [2.05, 4.69) is 39.8 Å². The summed E-state index contributed by atoms with van der Waals surface area (Å²) in [5.41, 5.74) is 1.82. The predicted octanol–water partition coefficient (Wildman–Crippen LogP) is 1.52. The molecule has 1 rings (SSSR count). The lowest BCUT2D eigenvalue weighted by Crippen LogP contribution is -2.22. The van der Waals surface area contributed by atoms with Gasteiger partial charge in [0.25, 0.3) is 0 Å². The molecule has 0 saturated carbocycles. The number of halogens is 1. The second-order valence-corrected chi connectivity index (χ2v) is 4.24. The molecule has 0 unspecified atom stereocenters. The van der Waals surface area contributed by atoms with E-state index >= 15 is 0 Å². The normalized spacial score (nSPS) is 11.3. The fourth-order valence-electron chi connectivity index (χ4n) is 1.53. The molecular formula is C10H18BrN3O. The van der Waals surface area contributed by atoms with Crippen molar-refractivity contribution in [2.24, 2.45) is 7.05 Å². The smallest absolute Gasteiger partial charge is 0.0910 e. The second-order valence-electron chi connectivity index (χ2n) is 3.45. The van der Waals surface area contributed by atoms with Crippen LogP contribution in [0, 0.1) is 0 Å². The molecule has 15 heavy (non-hydrogen) atoms. The van der Waals surface area contributed by atoms with Crippen molar-refractivity contribution < 1.29 is 5.11 Å². The van der Waals surface area contributed by atoms with Crippen LogP contribution >= 0.6 is 15.9 Å². The molecule has 1 N–H and O–H groups in total. The molecule has 0 radical (unpaired) electrons. The molecule has 0 bridgehead atoms. The third-order valence-corrected chi connectivity index (χ3v) is 3.50. The Morgan fingerprint density at radius 1 is 1.40 bits per heavy atom. The SMILES string of the molecule is CCN(CC)Cc1nn(C)c(CO)c1Br. The van der Waals surface area contributed by atoms with Gasteiger partial charge in [-0.15, -0.1) is 0 Å². The Bertz CT molecular complexity index is 321. The molecule has 0 aromatic carbocycles. The third kappa shape index (κ3) is 2.80. The van der Waals surface area contributed by atoms with Crippen LogP contribution < -0.4 is 0 Å². The van der Waals surface area contributed by atoms with Crippen LogP contribution in [0.2, 0.25) is 0 Å². The van der Waals surface area contributed by atoms with Gasteiger partial charge in [-0.05, 0) is 29.0 Å². The van der Waals surface area contributed by atoms with Crippen molar-refractivity contribution in [3.05, 3.63) is 15.9 Å². The highest BCUT2D eigenvalue weighted by Crippen LogP contribution is 2.22. The highest BCUT2D eigenvalue weighted by Gasteiger charge is 2.14. The van der Waals surface area contributed by atoms with Crippen LogP contribution in [-0.4, -0.2) is 32.9 Å². The quantitative estimate of drug-likeness (QED) is 0.886. The predicted molar refractivity (Wildman–Crippen MR) is 63.5 cm³/mol. The van der Waals surface area contributed by atoms with Crippen LogP contribution in [0.5, 0.6) is 0 Å². The molecule has 1 aromatic heterocycles. The monoisotopic (exact) mass is 275 g/mol. The maximum absolute atomic E-state index is 9.16. The molecule has 0 saturated heterocycles. The van der Waals surface area contributed by atoms with Gasteiger partial charge in [0.15, 0.2) is 0 Å². The molecular weight excluding hydrogens is 258 g/mol. The first-order valence-electron chi connectivity index (χ1n) is 5.17. The van der Waals surface area contributed by atoms with Gasteiger partial charge in [-0.1, -0.05) is 13.8 Å². The molecule has 0 amide bonds. The number of nitrogens with zero attached hydrogens (tertiary/aromatic N) is 3. The zero-order chi connectivity index (χ0) is 11.4. The summed E-state index contributed by atoms with van der Waals surface area (Å²) in [6, 6.07) is 0. The summed E-state index contributed by atoms with van der Waals surface area (Å²) in [4.78, 5) is 2.29. The second kappa shape index (κ2) is 5.63. The van der Waals surface area contributed by atoms with Crippen LogP contribution in [0.25, 0.3) is 0 Å². The van der Waals surface area contributed by atoms with Crippen molar-refractivity contribution in [3.8, 4) is 0 Å². The number of aromatic nitrogens is 2. The first kappa shape index (κ1) is 12.7. The van der Waals surface area contributed by atoms with E-state index < -0.39 is 0 Å². The lowest BCUT2D eigenvalue weighted by Gasteiger charge is -2.16. The number of aryl methyl sites for hydroxylation is 1. The Labute approximate surface area is 99.0 Å². The van der Waals surface area contributed by atoms with Gasteiger partial charge in [0.2, 0.25) is 0 Å². The Kier molecular flexibility index (Phi) is 4.76. The van der Waals surface area contributed by atoms with Gasteiger partial charge < -0.3 is 5.11 Å². The number of aliphatic hydroxyl groups excluding tert-OH is 1. The van der Waals surface area contributed by atoms with E-state index in [1.54, 1.807) is 4.68 Å². The van der Waals surface area contributed by atoms with Crippen molar-refractivity contribution in [2.45, 2.75) is 27.0 Å². The summed E-state index contributed by atoms with van der Waals surface area (Å²) < 4.78 is 2.66. The molecule has 0 spiro atoms. The number of rotatable bonds is 5. The van der Waals surface area contributed by atoms with E-state index in [4.69, 9.17) is 5.11 Å². The summed E-state index contributed by atoms with van der Waals surface area (Å²) >= 11 is 3.48. The van der Waals surface area contributed by atoms with E-state index in [0.29, 0.717) is 0 Å². The lowest BCUT2D eigenvalue weighted by atomic mass is 10.3. The lowest BCUT2D eigenvalue weighted by molar-refractivity contribution is 0.270. The number of hydrogen-bond acceptors (Lipinski definition) is 3. The molecule has 4 nitrogen and oxygen atoms in total. The summed E-state index contributed by atoms with van der Waals surface area (Å²) in [6.07, 6.45) is 0. The zero-order valence-electron chi connectivity index (χ0n) is 9.50. The van der Waals surface area contributed by atoms with Crippen LogP contribution in [0.3, 0.4) is 0 Å². The summed E-state index contributed by atoms with van der Waals surface area (Å²) in [6.45, 7) is 7.12. The van der Waals surface area contributed by atoms with Crippen molar-refractivity contribution in [1.82, 2.24) is 14.7 Å². The van der Waals surface area contributed by atoms with Gasteiger partial charge in [-0.25, -0.2) is 0 Å². The third-order valence-electron chi connectivity index (χ3n) is 2.59. The summed E-state index contributed by atoms with van der Waals surface area (Å²) in [5, 5.41) is 13.5. The average Bonchev–Trinajstić information content (AvgIpc) is 2.50. The molecule has 5 heteroatoms. The van der Waals surface area contributed by atoms with E-state index in [0.717, 1.165) is 35.5 Å². The van der Waals surface area contributed by atoms with Crippen LogP contribution in [0.1, 0.15) is 25.2 Å². The Morgan fingerprint density at radius 3 is 2.40 bits per heavy atom. The highest BCUT2D eigenvalue weighted by atomic mass is 79.9. The van der Waals surface area contributed by atoms with Gasteiger partial charge in [0.1, 0.15) is 0 Å². The van der Waals surface area contributed by atoms with Crippen molar-refractivity contribution >= 4 is 15.9 Å². The summed E-state index contributed by atoms with van der Waals surface area (Å²) in [5.74, 6) is 0. The Hall–Kier alpha value is -0.390. The van der Waals surface area contributed by atoms with E-state index in [9.17, 15) is 0 Å². The van der Waals surface area contributed by atoms with Gasteiger partial charge in [0.05, 0.1) is 22.5 Å². The molecule has 1 aromatic rings. The molecule has 0 aliphatic carbocycles. The summed E-state index contributed by atoms with van der Waals surface area (Å²) in [7, 11) is 1.85. The minimum Gasteiger partial charge on any atom is -0.390 e. The fraction of sp³-hybridized carbons (Fsp3) is 0.700. The number of hydrogen-bond donors (Lipinski definition) is 1. The maximum Gasteiger partial charge on any atom is 0.0910 e. The van der Waals surface area contributed by atoms with Gasteiger partial charge >= 0.3 is 0 Å². The molecule has 1 heterocycles. The van der Waals surface area contributed by atoms with Crippen molar-refractivity contribution in [1.29, 1.82) is 0 Å². The average molecular weight is 276 g/mol.